The molecule has 0 aromatic heterocycles. The first-order chi connectivity index (χ1) is 10.5. The first-order valence-electron chi connectivity index (χ1n) is 7.21. The number of rotatable bonds is 6. The summed E-state index contributed by atoms with van der Waals surface area (Å²) in [5.74, 6) is -0.889. The average molecular weight is 370 g/mol. The molecule has 120 valence electrons. The van der Waals surface area contributed by atoms with E-state index in [1.165, 1.54) is 7.11 Å². The molecule has 1 aromatic carbocycles. The largest absolute Gasteiger partial charge is 0.481 e. The van der Waals surface area contributed by atoms with Gasteiger partial charge in [-0.15, -0.1) is 0 Å². The molecule has 6 heteroatoms. The van der Waals surface area contributed by atoms with Crippen molar-refractivity contribution in [3.05, 3.63) is 34.3 Å². The smallest absolute Gasteiger partial charge is 0.313 e. The summed E-state index contributed by atoms with van der Waals surface area (Å²) in [6, 6.07) is 7.86. The van der Waals surface area contributed by atoms with E-state index in [4.69, 9.17) is 4.74 Å². The third-order valence-electron chi connectivity index (χ3n) is 4.12. The molecule has 1 heterocycles. The van der Waals surface area contributed by atoms with Gasteiger partial charge in [-0.2, -0.15) is 0 Å². The molecule has 22 heavy (non-hydrogen) atoms. The number of amides is 1. The molecular formula is C16H20BrNO4. The van der Waals surface area contributed by atoms with Crippen molar-refractivity contribution < 1.29 is 19.4 Å². The highest BCUT2D eigenvalue weighted by Gasteiger charge is 2.46. The highest BCUT2D eigenvalue weighted by atomic mass is 79.9. The van der Waals surface area contributed by atoms with Crippen molar-refractivity contribution in [3.63, 3.8) is 0 Å². The second-order valence-corrected chi connectivity index (χ2v) is 6.63. The van der Waals surface area contributed by atoms with Crippen molar-refractivity contribution in [2.24, 2.45) is 5.41 Å². The number of carbonyl (C=O) groups is 2. The summed E-state index contributed by atoms with van der Waals surface area (Å²) in [4.78, 5) is 25.4. The van der Waals surface area contributed by atoms with Gasteiger partial charge in [-0.3, -0.25) is 9.59 Å². The summed E-state index contributed by atoms with van der Waals surface area (Å²) in [5, 5.41) is 9.41. The lowest BCUT2D eigenvalue weighted by molar-refractivity contribution is -0.151. The second-order valence-electron chi connectivity index (χ2n) is 5.71. The van der Waals surface area contributed by atoms with Gasteiger partial charge in [0.15, 0.2) is 0 Å². The number of aliphatic carboxylic acids is 1. The Kier molecular flexibility index (Phi) is 5.58. The number of methoxy groups -OCH3 is 1. The predicted octanol–water partition coefficient (Wildman–Crippen LogP) is 2.33. The van der Waals surface area contributed by atoms with E-state index in [1.54, 1.807) is 4.90 Å². The van der Waals surface area contributed by atoms with Crippen molar-refractivity contribution >= 4 is 27.8 Å². The van der Waals surface area contributed by atoms with E-state index >= 15 is 0 Å². The number of likely N-dealkylation sites (tertiary alicyclic amines) is 1. The molecule has 0 radical (unpaired) electrons. The van der Waals surface area contributed by atoms with Gasteiger partial charge in [-0.05, 0) is 30.5 Å². The lowest BCUT2D eigenvalue weighted by Crippen LogP contribution is -2.40. The van der Waals surface area contributed by atoms with Gasteiger partial charge < -0.3 is 14.7 Å². The van der Waals surface area contributed by atoms with Crippen LogP contribution in [0, 0.1) is 5.41 Å². The van der Waals surface area contributed by atoms with Crippen LogP contribution in [0.5, 0.6) is 0 Å². The number of hydrogen-bond donors (Lipinski definition) is 1. The van der Waals surface area contributed by atoms with Gasteiger partial charge in [0.2, 0.25) is 5.91 Å². The fourth-order valence-electron chi connectivity index (χ4n) is 2.78. The summed E-state index contributed by atoms with van der Waals surface area (Å²) in [6.45, 7) is 0.850. The molecule has 1 N–H and O–H groups in total. The monoisotopic (exact) mass is 369 g/mol. The lowest BCUT2D eigenvalue weighted by atomic mass is 9.88. The van der Waals surface area contributed by atoms with Gasteiger partial charge in [-0.25, -0.2) is 0 Å². The number of carboxylic acid groups (broad SMARTS) is 1. The molecule has 0 bridgehead atoms. The summed E-state index contributed by atoms with van der Waals surface area (Å²) in [7, 11) is 1.49. The molecule has 1 saturated heterocycles. The van der Waals surface area contributed by atoms with Crippen LogP contribution in [0.1, 0.15) is 18.4 Å². The fourth-order valence-corrected chi connectivity index (χ4v) is 3.04. The van der Waals surface area contributed by atoms with E-state index in [1.807, 2.05) is 24.3 Å². The maximum Gasteiger partial charge on any atom is 0.313 e. The molecule has 1 amide bonds. The summed E-state index contributed by atoms with van der Waals surface area (Å²) < 4.78 is 6.04. The fraction of sp³-hybridized carbons (Fsp3) is 0.500. The maximum atomic E-state index is 12.3. The Hall–Kier alpha value is -1.40. The van der Waals surface area contributed by atoms with E-state index in [2.05, 4.69) is 15.9 Å². The molecule has 0 spiro atoms. The van der Waals surface area contributed by atoms with Crippen molar-refractivity contribution in [1.82, 2.24) is 4.90 Å². The van der Waals surface area contributed by atoms with Crippen molar-refractivity contribution in [1.29, 1.82) is 0 Å². The quantitative estimate of drug-likeness (QED) is 0.835. The molecule has 1 aromatic rings. The Morgan fingerprint density at radius 1 is 1.36 bits per heavy atom. The number of hydrogen-bond acceptors (Lipinski definition) is 3. The minimum atomic E-state index is -0.956. The summed E-state index contributed by atoms with van der Waals surface area (Å²) in [6.07, 6.45) is 1.50. The molecule has 1 unspecified atom stereocenters. The Balaban J connectivity index is 1.91. The van der Waals surface area contributed by atoms with Crippen LogP contribution in [0.4, 0.5) is 0 Å². The second kappa shape index (κ2) is 7.24. The van der Waals surface area contributed by atoms with Gasteiger partial charge in [0, 0.05) is 31.1 Å². The van der Waals surface area contributed by atoms with E-state index in [0.717, 1.165) is 10.0 Å². The van der Waals surface area contributed by atoms with E-state index in [9.17, 15) is 14.7 Å². The third kappa shape index (κ3) is 3.87. The Labute approximate surface area is 138 Å². The van der Waals surface area contributed by atoms with Crippen molar-refractivity contribution in [3.8, 4) is 0 Å². The minimum Gasteiger partial charge on any atom is -0.481 e. The van der Waals surface area contributed by atoms with Crippen LogP contribution in [-0.2, 0) is 20.7 Å². The first-order valence-corrected chi connectivity index (χ1v) is 8.01. The van der Waals surface area contributed by atoms with Crippen molar-refractivity contribution in [2.45, 2.75) is 19.3 Å². The normalized spacial score (nSPS) is 21.1. The number of nitrogens with zero attached hydrogens (tertiary/aromatic N) is 1. The SMILES string of the molecule is COCC1(C(=O)O)CCN(C(=O)CCc2ccc(Br)cc2)C1. The number of carboxylic acids is 1. The zero-order chi connectivity index (χ0) is 16.2. The van der Waals surface area contributed by atoms with Crippen LogP contribution in [-0.4, -0.2) is 48.7 Å². The molecule has 1 atom stereocenters. The summed E-state index contributed by atoms with van der Waals surface area (Å²) >= 11 is 3.38. The summed E-state index contributed by atoms with van der Waals surface area (Å²) in [5.41, 5.74) is 0.138. The third-order valence-corrected chi connectivity index (χ3v) is 4.65. The zero-order valence-electron chi connectivity index (χ0n) is 12.5. The molecule has 1 aliphatic heterocycles. The molecule has 5 nitrogen and oxygen atoms in total. The predicted molar refractivity (Wildman–Crippen MR) is 85.6 cm³/mol. The van der Waals surface area contributed by atoms with Crippen LogP contribution in [0.15, 0.2) is 28.7 Å². The van der Waals surface area contributed by atoms with Crippen LogP contribution in [0.3, 0.4) is 0 Å². The Morgan fingerprint density at radius 3 is 2.64 bits per heavy atom. The number of aryl methyl sites for hydroxylation is 1. The Morgan fingerprint density at radius 2 is 2.05 bits per heavy atom. The highest BCUT2D eigenvalue weighted by Crippen LogP contribution is 2.31. The molecule has 0 saturated carbocycles. The number of benzene rings is 1. The maximum absolute atomic E-state index is 12.3. The Bertz CT molecular complexity index is 546. The van der Waals surface area contributed by atoms with Crippen LogP contribution in [0.25, 0.3) is 0 Å². The molecular weight excluding hydrogens is 350 g/mol. The van der Waals surface area contributed by atoms with E-state index in [0.29, 0.717) is 25.8 Å². The zero-order valence-corrected chi connectivity index (χ0v) is 14.1. The lowest BCUT2D eigenvalue weighted by Gasteiger charge is -2.23. The molecule has 0 aliphatic carbocycles. The van der Waals surface area contributed by atoms with Crippen molar-refractivity contribution in [2.75, 3.05) is 26.8 Å². The highest BCUT2D eigenvalue weighted by molar-refractivity contribution is 9.10. The first kappa shape index (κ1) is 17.0. The van der Waals surface area contributed by atoms with Gasteiger partial charge in [0.1, 0.15) is 5.41 Å². The van der Waals surface area contributed by atoms with Gasteiger partial charge in [0.05, 0.1) is 6.61 Å². The topological polar surface area (TPSA) is 66.8 Å². The standard InChI is InChI=1S/C16H20BrNO4/c1-22-11-16(15(20)21)8-9-18(10-16)14(19)7-4-12-2-5-13(17)6-3-12/h2-3,5-6H,4,7-11H2,1H3,(H,20,21). The molecule has 2 rings (SSSR count). The molecule has 1 fully saturated rings. The van der Waals surface area contributed by atoms with E-state index < -0.39 is 11.4 Å². The van der Waals surface area contributed by atoms with Gasteiger partial charge in [-0.1, -0.05) is 28.1 Å². The van der Waals surface area contributed by atoms with E-state index in [-0.39, 0.29) is 19.1 Å². The number of halogens is 1. The number of carbonyl (C=O) groups excluding carboxylic acids is 1. The van der Waals surface area contributed by atoms with Crippen LogP contribution < -0.4 is 0 Å². The molecule has 1 aliphatic rings. The van der Waals surface area contributed by atoms with Gasteiger partial charge >= 0.3 is 5.97 Å². The number of ether oxygens (including phenoxy) is 1. The average Bonchev–Trinajstić information content (AvgIpc) is 2.92. The van der Waals surface area contributed by atoms with Crippen LogP contribution >= 0.6 is 15.9 Å². The minimum absolute atomic E-state index is 0.00199. The van der Waals surface area contributed by atoms with Gasteiger partial charge in [0.25, 0.3) is 0 Å². The van der Waals surface area contributed by atoms with Crippen LogP contribution in [0.2, 0.25) is 0 Å².